The SMILES string of the molecule is C=CC.Cc1ccc(C)s1. The molecular weight excluding hydrogens is 140 g/mol. The van der Waals surface area contributed by atoms with Crippen LogP contribution in [0.3, 0.4) is 0 Å². The zero-order valence-electron chi connectivity index (χ0n) is 6.85. The van der Waals surface area contributed by atoms with E-state index >= 15 is 0 Å². The Labute approximate surface area is 67.2 Å². The molecule has 0 unspecified atom stereocenters. The van der Waals surface area contributed by atoms with Crippen molar-refractivity contribution in [1.29, 1.82) is 0 Å². The lowest BCUT2D eigenvalue weighted by atomic mass is 10.5. The van der Waals surface area contributed by atoms with E-state index in [9.17, 15) is 0 Å². The van der Waals surface area contributed by atoms with E-state index in [1.165, 1.54) is 9.75 Å². The highest BCUT2D eigenvalue weighted by Gasteiger charge is 1.84. The van der Waals surface area contributed by atoms with Crippen molar-refractivity contribution >= 4 is 11.3 Å². The van der Waals surface area contributed by atoms with Crippen LogP contribution in [-0.4, -0.2) is 0 Å². The van der Waals surface area contributed by atoms with E-state index in [0.29, 0.717) is 0 Å². The summed E-state index contributed by atoms with van der Waals surface area (Å²) in [5.74, 6) is 0. The van der Waals surface area contributed by atoms with Gasteiger partial charge in [0, 0.05) is 9.75 Å². The third-order valence-electron chi connectivity index (χ3n) is 0.875. The number of hydrogen-bond donors (Lipinski definition) is 0. The van der Waals surface area contributed by atoms with Crippen LogP contribution < -0.4 is 0 Å². The first kappa shape index (κ1) is 9.44. The molecule has 56 valence electrons. The van der Waals surface area contributed by atoms with Crippen molar-refractivity contribution in [2.45, 2.75) is 20.8 Å². The van der Waals surface area contributed by atoms with Crippen LogP contribution in [-0.2, 0) is 0 Å². The minimum Gasteiger partial charge on any atom is -0.146 e. The monoisotopic (exact) mass is 154 g/mol. The minimum atomic E-state index is 1.40. The molecule has 1 aromatic rings. The zero-order chi connectivity index (χ0) is 7.98. The average Bonchev–Trinajstić information content (AvgIpc) is 2.17. The number of allylic oxidation sites excluding steroid dienone is 1. The molecule has 0 aliphatic heterocycles. The molecule has 0 aliphatic rings. The molecule has 1 rings (SSSR count). The summed E-state index contributed by atoms with van der Waals surface area (Å²) in [6.45, 7) is 9.50. The maximum atomic E-state index is 3.36. The highest BCUT2D eigenvalue weighted by molar-refractivity contribution is 7.11. The molecule has 0 aliphatic carbocycles. The van der Waals surface area contributed by atoms with Gasteiger partial charge < -0.3 is 0 Å². The molecule has 1 heteroatoms. The summed E-state index contributed by atoms with van der Waals surface area (Å²) in [6.07, 6.45) is 1.75. The van der Waals surface area contributed by atoms with Crippen LogP contribution >= 0.6 is 11.3 Å². The fourth-order valence-electron chi connectivity index (χ4n) is 0.557. The van der Waals surface area contributed by atoms with Gasteiger partial charge in [-0.15, -0.1) is 17.9 Å². The van der Waals surface area contributed by atoms with Gasteiger partial charge in [-0.1, -0.05) is 6.08 Å². The first-order chi connectivity index (χ1) is 4.70. The topological polar surface area (TPSA) is 0 Å². The number of rotatable bonds is 0. The molecule has 0 spiro atoms. The molecule has 0 aromatic carbocycles. The second-order valence-electron chi connectivity index (χ2n) is 2.06. The lowest BCUT2D eigenvalue weighted by Crippen LogP contribution is -1.44. The van der Waals surface area contributed by atoms with Crippen LogP contribution in [0.4, 0.5) is 0 Å². The second kappa shape index (κ2) is 5.24. The predicted molar refractivity (Wildman–Crippen MR) is 49.7 cm³/mol. The van der Waals surface area contributed by atoms with Crippen molar-refractivity contribution in [2.75, 3.05) is 0 Å². The summed E-state index contributed by atoms with van der Waals surface area (Å²) in [7, 11) is 0. The maximum absolute atomic E-state index is 3.36. The molecule has 1 aromatic heterocycles. The summed E-state index contributed by atoms with van der Waals surface area (Å²) >= 11 is 1.84. The highest BCUT2D eigenvalue weighted by atomic mass is 32.1. The zero-order valence-corrected chi connectivity index (χ0v) is 7.66. The summed E-state index contributed by atoms with van der Waals surface area (Å²) in [5.41, 5.74) is 0. The number of hydrogen-bond acceptors (Lipinski definition) is 1. The Hall–Kier alpha value is -0.560. The molecule has 0 atom stereocenters. The summed E-state index contributed by atoms with van der Waals surface area (Å²) in [4.78, 5) is 2.80. The van der Waals surface area contributed by atoms with Crippen LogP contribution in [0.25, 0.3) is 0 Å². The molecule has 0 saturated carbocycles. The van der Waals surface area contributed by atoms with Crippen LogP contribution in [0.2, 0.25) is 0 Å². The molecule has 0 fully saturated rings. The van der Waals surface area contributed by atoms with Crippen LogP contribution in [0.5, 0.6) is 0 Å². The van der Waals surface area contributed by atoms with Gasteiger partial charge in [0.15, 0.2) is 0 Å². The van der Waals surface area contributed by atoms with Crippen molar-refractivity contribution in [2.24, 2.45) is 0 Å². The molecule has 1 heterocycles. The Bertz CT molecular complexity index is 170. The molecule has 10 heavy (non-hydrogen) atoms. The quantitative estimate of drug-likeness (QED) is 0.501. The van der Waals surface area contributed by atoms with E-state index in [4.69, 9.17) is 0 Å². The molecule has 0 radical (unpaired) electrons. The third-order valence-corrected chi connectivity index (χ3v) is 1.79. The third kappa shape index (κ3) is 4.33. The fourth-order valence-corrected chi connectivity index (χ4v) is 1.34. The first-order valence-corrected chi connectivity index (χ1v) is 4.12. The van der Waals surface area contributed by atoms with Crippen molar-refractivity contribution in [3.63, 3.8) is 0 Å². The van der Waals surface area contributed by atoms with Crippen LogP contribution in [0, 0.1) is 13.8 Å². The Morgan fingerprint density at radius 3 is 1.70 bits per heavy atom. The molecule has 0 amide bonds. The first-order valence-electron chi connectivity index (χ1n) is 3.30. The van der Waals surface area contributed by atoms with E-state index in [0.717, 1.165) is 0 Å². The normalized spacial score (nSPS) is 7.90. The van der Waals surface area contributed by atoms with E-state index in [1.807, 2.05) is 18.3 Å². The number of thiophene rings is 1. The molecule has 0 bridgehead atoms. The van der Waals surface area contributed by atoms with Crippen molar-refractivity contribution in [1.82, 2.24) is 0 Å². The lowest BCUT2D eigenvalue weighted by molar-refractivity contribution is 1.61. The second-order valence-corrected chi connectivity index (χ2v) is 3.56. The van der Waals surface area contributed by atoms with E-state index in [-0.39, 0.29) is 0 Å². The highest BCUT2D eigenvalue weighted by Crippen LogP contribution is 2.11. The fraction of sp³-hybridized carbons (Fsp3) is 0.333. The molecule has 0 nitrogen and oxygen atoms in total. The van der Waals surface area contributed by atoms with Gasteiger partial charge in [0.05, 0.1) is 0 Å². The average molecular weight is 154 g/mol. The van der Waals surface area contributed by atoms with Gasteiger partial charge in [0.2, 0.25) is 0 Å². The van der Waals surface area contributed by atoms with Crippen molar-refractivity contribution < 1.29 is 0 Å². The van der Waals surface area contributed by atoms with Crippen LogP contribution in [0.15, 0.2) is 24.8 Å². The van der Waals surface area contributed by atoms with Crippen molar-refractivity contribution in [3.05, 3.63) is 34.5 Å². The largest absolute Gasteiger partial charge is 0.146 e. The van der Waals surface area contributed by atoms with Gasteiger partial charge in [0.25, 0.3) is 0 Å². The molecular formula is C9H14S. The van der Waals surface area contributed by atoms with E-state index in [2.05, 4.69) is 32.6 Å². The Morgan fingerprint density at radius 1 is 1.30 bits per heavy atom. The van der Waals surface area contributed by atoms with E-state index < -0.39 is 0 Å². The van der Waals surface area contributed by atoms with E-state index in [1.54, 1.807) is 6.08 Å². The van der Waals surface area contributed by atoms with Gasteiger partial charge >= 0.3 is 0 Å². The van der Waals surface area contributed by atoms with Gasteiger partial charge in [0.1, 0.15) is 0 Å². The smallest absolute Gasteiger partial charge is 0.00170 e. The van der Waals surface area contributed by atoms with Crippen LogP contribution in [0.1, 0.15) is 16.7 Å². The Morgan fingerprint density at radius 2 is 1.60 bits per heavy atom. The number of aryl methyl sites for hydroxylation is 2. The van der Waals surface area contributed by atoms with Gasteiger partial charge in [-0.25, -0.2) is 0 Å². The predicted octanol–water partition coefficient (Wildman–Crippen LogP) is 3.56. The Kier molecular flexibility index (Phi) is 4.95. The van der Waals surface area contributed by atoms with Crippen molar-refractivity contribution in [3.8, 4) is 0 Å². The van der Waals surface area contributed by atoms with Gasteiger partial charge in [-0.2, -0.15) is 0 Å². The lowest BCUT2D eigenvalue weighted by Gasteiger charge is -1.71. The van der Waals surface area contributed by atoms with Gasteiger partial charge in [-0.3, -0.25) is 0 Å². The molecule has 0 saturated heterocycles. The summed E-state index contributed by atoms with van der Waals surface area (Å²) in [6, 6.07) is 4.28. The Balaban J connectivity index is 0.000000236. The molecule has 0 N–H and O–H groups in total. The maximum Gasteiger partial charge on any atom is 0.00170 e. The summed E-state index contributed by atoms with van der Waals surface area (Å²) < 4.78 is 0. The summed E-state index contributed by atoms with van der Waals surface area (Å²) in [5, 5.41) is 0. The van der Waals surface area contributed by atoms with Gasteiger partial charge in [-0.05, 0) is 32.9 Å². The minimum absolute atomic E-state index is 1.40. The standard InChI is InChI=1S/C6H8S.C3H6/c1-5-3-4-6(2)7-5;1-3-2/h3-4H,1-2H3;3H,1H2,2H3.